The van der Waals surface area contributed by atoms with Gasteiger partial charge in [0.15, 0.2) is 0 Å². The molecular formula is C25H22BrNO. The van der Waals surface area contributed by atoms with E-state index in [1.54, 1.807) is 0 Å². The lowest BCUT2D eigenvalue weighted by Crippen LogP contribution is -2.04. The fraction of sp³-hybridized carbons (Fsp3) is 0.120. The summed E-state index contributed by atoms with van der Waals surface area (Å²) in [5.74, 6) is 0.920. The number of hydrogen-bond acceptors (Lipinski definition) is 2. The van der Waals surface area contributed by atoms with Crippen molar-refractivity contribution in [2.45, 2.75) is 20.1 Å². The molecule has 0 aliphatic heterocycles. The van der Waals surface area contributed by atoms with Gasteiger partial charge < -0.3 is 10.1 Å². The Kier molecular flexibility index (Phi) is 5.63. The highest BCUT2D eigenvalue weighted by atomic mass is 79.9. The van der Waals surface area contributed by atoms with Crippen LogP contribution in [0.3, 0.4) is 0 Å². The first-order valence-corrected chi connectivity index (χ1v) is 10.2. The molecule has 0 atom stereocenters. The molecule has 3 heteroatoms. The van der Waals surface area contributed by atoms with Gasteiger partial charge in [-0.3, -0.25) is 0 Å². The van der Waals surface area contributed by atoms with Crippen LogP contribution in [-0.4, -0.2) is 0 Å². The average Bonchev–Trinajstić information content (AvgIpc) is 2.73. The molecule has 0 heterocycles. The topological polar surface area (TPSA) is 21.3 Å². The van der Waals surface area contributed by atoms with E-state index in [1.807, 2.05) is 12.1 Å². The van der Waals surface area contributed by atoms with Gasteiger partial charge in [0.2, 0.25) is 0 Å². The Hall–Kier alpha value is -2.78. The van der Waals surface area contributed by atoms with Crippen molar-refractivity contribution in [3.8, 4) is 5.75 Å². The summed E-state index contributed by atoms with van der Waals surface area (Å²) in [6.07, 6.45) is 0. The van der Waals surface area contributed by atoms with E-state index < -0.39 is 0 Å². The smallest absolute Gasteiger partial charge is 0.125 e. The molecule has 0 aliphatic rings. The SMILES string of the molecule is Cc1ccc(COc2ccc3ccccc3c2CNc2ccc(Br)cc2)cc1. The van der Waals surface area contributed by atoms with Gasteiger partial charge in [0.25, 0.3) is 0 Å². The molecule has 0 aliphatic carbocycles. The van der Waals surface area contributed by atoms with Gasteiger partial charge in [-0.25, -0.2) is 0 Å². The molecule has 0 saturated heterocycles. The number of rotatable bonds is 6. The van der Waals surface area contributed by atoms with E-state index in [-0.39, 0.29) is 0 Å². The third kappa shape index (κ3) is 4.37. The Morgan fingerprint density at radius 2 is 1.57 bits per heavy atom. The van der Waals surface area contributed by atoms with E-state index in [9.17, 15) is 0 Å². The van der Waals surface area contributed by atoms with E-state index in [2.05, 4.69) is 101 Å². The maximum Gasteiger partial charge on any atom is 0.125 e. The molecule has 0 amide bonds. The highest BCUT2D eigenvalue weighted by Gasteiger charge is 2.09. The molecule has 0 saturated carbocycles. The van der Waals surface area contributed by atoms with Crippen LogP contribution in [-0.2, 0) is 13.2 Å². The monoisotopic (exact) mass is 431 g/mol. The molecule has 140 valence electrons. The minimum atomic E-state index is 0.559. The zero-order valence-corrected chi connectivity index (χ0v) is 17.4. The van der Waals surface area contributed by atoms with Crippen molar-refractivity contribution in [1.82, 2.24) is 0 Å². The highest BCUT2D eigenvalue weighted by Crippen LogP contribution is 2.30. The summed E-state index contributed by atoms with van der Waals surface area (Å²) in [6.45, 7) is 3.36. The molecule has 0 radical (unpaired) electrons. The molecule has 4 aromatic rings. The second-order valence-electron chi connectivity index (χ2n) is 6.90. The predicted molar refractivity (Wildman–Crippen MR) is 121 cm³/mol. The van der Waals surface area contributed by atoms with Crippen LogP contribution in [0.5, 0.6) is 5.75 Å². The summed E-state index contributed by atoms with van der Waals surface area (Å²) in [5.41, 5.74) is 4.69. The second-order valence-corrected chi connectivity index (χ2v) is 7.81. The maximum absolute atomic E-state index is 6.23. The van der Waals surface area contributed by atoms with Gasteiger partial charge in [-0.2, -0.15) is 0 Å². The van der Waals surface area contributed by atoms with Crippen molar-refractivity contribution in [2.24, 2.45) is 0 Å². The predicted octanol–water partition coefficient (Wildman–Crippen LogP) is 7.10. The van der Waals surface area contributed by atoms with Gasteiger partial charge >= 0.3 is 0 Å². The summed E-state index contributed by atoms with van der Waals surface area (Å²) in [6, 6.07) is 29.4. The highest BCUT2D eigenvalue weighted by molar-refractivity contribution is 9.10. The number of hydrogen-bond donors (Lipinski definition) is 1. The molecule has 0 bridgehead atoms. The number of halogens is 1. The van der Waals surface area contributed by atoms with Crippen LogP contribution in [0.1, 0.15) is 16.7 Å². The second kappa shape index (κ2) is 8.49. The van der Waals surface area contributed by atoms with E-state index in [4.69, 9.17) is 4.74 Å². The zero-order chi connectivity index (χ0) is 19.3. The first kappa shape index (κ1) is 18.6. The van der Waals surface area contributed by atoms with Gasteiger partial charge in [-0.1, -0.05) is 76.1 Å². The lowest BCUT2D eigenvalue weighted by atomic mass is 10.0. The Morgan fingerprint density at radius 3 is 2.36 bits per heavy atom. The number of anilines is 1. The molecule has 2 nitrogen and oxygen atoms in total. The molecule has 0 aromatic heterocycles. The minimum absolute atomic E-state index is 0.559. The number of ether oxygens (including phenoxy) is 1. The third-order valence-corrected chi connectivity index (χ3v) is 5.35. The van der Waals surface area contributed by atoms with Crippen molar-refractivity contribution < 1.29 is 4.74 Å². The summed E-state index contributed by atoms with van der Waals surface area (Å²) in [5, 5.41) is 5.96. The van der Waals surface area contributed by atoms with E-state index in [0.717, 1.165) is 15.9 Å². The Balaban J connectivity index is 1.60. The van der Waals surface area contributed by atoms with Crippen LogP contribution < -0.4 is 10.1 Å². The van der Waals surface area contributed by atoms with E-state index >= 15 is 0 Å². The quantitative estimate of drug-likeness (QED) is 0.351. The average molecular weight is 432 g/mol. The van der Waals surface area contributed by atoms with Gasteiger partial charge in [-0.05, 0) is 53.6 Å². The normalized spacial score (nSPS) is 10.8. The number of nitrogens with one attached hydrogen (secondary N) is 1. The lowest BCUT2D eigenvalue weighted by molar-refractivity contribution is 0.304. The third-order valence-electron chi connectivity index (χ3n) is 4.83. The van der Waals surface area contributed by atoms with E-state index in [1.165, 1.54) is 27.5 Å². The maximum atomic E-state index is 6.23. The van der Waals surface area contributed by atoms with Crippen molar-refractivity contribution in [3.63, 3.8) is 0 Å². The van der Waals surface area contributed by atoms with Gasteiger partial charge in [0, 0.05) is 22.3 Å². The zero-order valence-electron chi connectivity index (χ0n) is 15.8. The molecular weight excluding hydrogens is 410 g/mol. The number of benzene rings is 4. The summed E-state index contributed by atoms with van der Waals surface area (Å²) in [4.78, 5) is 0. The van der Waals surface area contributed by atoms with Gasteiger partial charge in [-0.15, -0.1) is 0 Å². The Bertz CT molecular complexity index is 1070. The molecule has 28 heavy (non-hydrogen) atoms. The van der Waals surface area contributed by atoms with Crippen LogP contribution in [0, 0.1) is 6.92 Å². The van der Waals surface area contributed by atoms with Crippen LogP contribution >= 0.6 is 15.9 Å². The number of fused-ring (bicyclic) bond motifs is 1. The van der Waals surface area contributed by atoms with Crippen molar-refractivity contribution in [2.75, 3.05) is 5.32 Å². The fourth-order valence-corrected chi connectivity index (χ4v) is 3.50. The Morgan fingerprint density at radius 1 is 0.821 bits per heavy atom. The summed E-state index contributed by atoms with van der Waals surface area (Å²) in [7, 11) is 0. The van der Waals surface area contributed by atoms with E-state index in [0.29, 0.717) is 13.2 Å². The molecule has 0 spiro atoms. The summed E-state index contributed by atoms with van der Waals surface area (Å²) < 4.78 is 7.31. The van der Waals surface area contributed by atoms with Gasteiger partial charge in [0.05, 0.1) is 0 Å². The van der Waals surface area contributed by atoms with Crippen molar-refractivity contribution >= 4 is 32.4 Å². The Labute approximate surface area is 174 Å². The molecule has 0 fully saturated rings. The van der Waals surface area contributed by atoms with Crippen LogP contribution in [0.15, 0.2) is 89.4 Å². The summed E-state index contributed by atoms with van der Waals surface area (Å²) >= 11 is 3.48. The lowest BCUT2D eigenvalue weighted by Gasteiger charge is -2.16. The van der Waals surface area contributed by atoms with Crippen LogP contribution in [0.4, 0.5) is 5.69 Å². The molecule has 0 unspecified atom stereocenters. The van der Waals surface area contributed by atoms with Crippen LogP contribution in [0.2, 0.25) is 0 Å². The first-order chi connectivity index (χ1) is 13.7. The minimum Gasteiger partial charge on any atom is -0.489 e. The van der Waals surface area contributed by atoms with Crippen LogP contribution in [0.25, 0.3) is 10.8 Å². The first-order valence-electron chi connectivity index (χ1n) is 9.37. The molecule has 4 aromatic carbocycles. The van der Waals surface area contributed by atoms with Crippen molar-refractivity contribution in [3.05, 3.63) is 106 Å². The standard InChI is InChI=1S/C25H22BrNO/c1-18-6-8-19(9-7-18)17-28-25-15-10-20-4-2-3-5-23(20)24(25)16-27-22-13-11-21(26)12-14-22/h2-15,27H,16-17H2,1H3. The number of aryl methyl sites for hydroxylation is 1. The van der Waals surface area contributed by atoms with Gasteiger partial charge in [0.1, 0.15) is 12.4 Å². The largest absolute Gasteiger partial charge is 0.489 e. The molecule has 4 rings (SSSR count). The van der Waals surface area contributed by atoms with Crippen molar-refractivity contribution in [1.29, 1.82) is 0 Å². The fourth-order valence-electron chi connectivity index (χ4n) is 3.24. The molecule has 1 N–H and O–H groups in total.